The van der Waals surface area contributed by atoms with Crippen molar-refractivity contribution in [1.82, 2.24) is 10.4 Å². The minimum Gasteiger partial charge on any atom is -0.251 e. The van der Waals surface area contributed by atoms with E-state index in [0.717, 1.165) is 38.1 Å². The van der Waals surface area contributed by atoms with Gasteiger partial charge in [-0.3, -0.25) is 5.43 Å². The Bertz CT molecular complexity index is 366. The van der Waals surface area contributed by atoms with Crippen LogP contribution in [0.25, 0.3) is 0 Å². The second-order valence-corrected chi connectivity index (χ2v) is 4.26. The molecule has 1 aliphatic rings. The first-order chi connectivity index (χ1) is 8.16. The van der Waals surface area contributed by atoms with Gasteiger partial charge in [-0.1, -0.05) is 6.42 Å². The van der Waals surface area contributed by atoms with Gasteiger partial charge >= 0.3 is 0 Å². The van der Waals surface area contributed by atoms with Crippen LogP contribution in [0.1, 0.15) is 24.8 Å². The van der Waals surface area contributed by atoms with E-state index in [9.17, 15) is 13.2 Å². The molecule has 0 spiro atoms. The van der Waals surface area contributed by atoms with Crippen LogP contribution in [0.3, 0.4) is 0 Å². The van der Waals surface area contributed by atoms with E-state index in [1.165, 1.54) is 6.42 Å². The maximum atomic E-state index is 12.9. The van der Waals surface area contributed by atoms with E-state index in [1.54, 1.807) is 0 Å². The van der Waals surface area contributed by atoms with Crippen molar-refractivity contribution in [1.29, 1.82) is 0 Å². The lowest BCUT2D eigenvalue weighted by molar-refractivity contribution is 0.151. The maximum Gasteiger partial charge on any atom is 0.194 e. The minimum absolute atomic E-state index is 0.314. The summed E-state index contributed by atoms with van der Waals surface area (Å²) in [5, 5.41) is 2.03. The molecule has 1 aromatic carbocycles. The normalized spacial score (nSPS) is 17.4. The van der Waals surface area contributed by atoms with Gasteiger partial charge in [-0.15, -0.1) is 0 Å². The lowest BCUT2D eigenvalue weighted by Crippen LogP contribution is -2.41. The highest BCUT2D eigenvalue weighted by Gasteiger charge is 2.12. The quantitative estimate of drug-likeness (QED) is 0.822. The molecule has 2 rings (SSSR count). The second-order valence-electron chi connectivity index (χ2n) is 4.26. The first-order valence-electron chi connectivity index (χ1n) is 5.78. The van der Waals surface area contributed by atoms with Gasteiger partial charge in [0.2, 0.25) is 0 Å². The number of hydrogen-bond acceptors (Lipinski definition) is 2. The number of nitrogens with one attached hydrogen (secondary N) is 1. The third-order valence-corrected chi connectivity index (χ3v) is 2.91. The van der Waals surface area contributed by atoms with Crippen LogP contribution in [0.4, 0.5) is 13.2 Å². The Morgan fingerprint density at radius 1 is 1.00 bits per heavy atom. The molecular formula is C12H15F3N2. The summed E-state index contributed by atoms with van der Waals surface area (Å²) in [7, 11) is 0. The first kappa shape index (κ1) is 12.4. The Labute approximate surface area is 98.4 Å². The van der Waals surface area contributed by atoms with Crippen molar-refractivity contribution in [3.05, 3.63) is 35.1 Å². The van der Waals surface area contributed by atoms with Gasteiger partial charge in [0.05, 0.1) is 0 Å². The van der Waals surface area contributed by atoms with Gasteiger partial charge in [-0.2, -0.15) is 0 Å². The van der Waals surface area contributed by atoms with Gasteiger partial charge < -0.3 is 0 Å². The predicted octanol–water partition coefficient (Wildman–Crippen LogP) is 2.59. The van der Waals surface area contributed by atoms with Crippen LogP contribution in [0, 0.1) is 17.5 Å². The van der Waals surface area contributed by atoms with E-state index >= 15 is 0 Å². The predicted molar refractivity (Wildman–Crippen MR) is 58.6 cm³/mol. The fourth-order valence-electron chi connectivity index (χ4n) is 1.97. The molecule has 1 heterocycles. The number of halogens is 3. The maximum absolute atomic E-state index is 12.9. The summed E-state index contributed by atoms with van der Waals surface area (Å²) in [6, 6.07) is 2.05. The van der Waals surface area contributed by atoms with Gasteiger partial charge in [0.1, 0.15) is 0 Å². The van der Waals surface area contributed by atoms with Crippen molar-refractivity contribution in [2.24, 2.45) is 0 Å². The van der Waals surface area contributed by atoms with Gasteiger partial charge in [0.25, 0.3) is 0 Å². The Morgan fingerprint density at radius 2 is 1.59 bits per heavy atom. The van der Waals surface area contributed by atoms with E-state index in [1.807, 2.05) is 5.01 Å². The first-order valence-corrected chi connectivity index (χ1v) is 5.78. The Hall–Kier alpha value is -1.07. The van der Waals surface area contributed by atoms with Crippen LogP contribution in [0.15, 0.2) is 12.1 Å². The van der Waals surface area contributed by atoms with E-state index < -0.39 is 17.5 Å². The van der Waals surface area contributed by atoms with Crippen LogP contribution < -0.4 is 5.43 Å². The molecule has 0 radical (unpaired) electrons. The highest BCUT2D eigenvalue weighted by Crippen LogP contribution is 2.14. The summed E-state index contributed by atoms with van der Waals surface area (Å²) in [4.78, 5) is 0. The molecule has 0 unspecified atom stereocenters. The third kappa shape index (κ3) is 3.20. The molecule has 1 saturated heterocycles. The fourth-order valence-corrected chi connectivity index (χ4v) is 1.97. The zero-order chi connectivity index (χ0) is 12.3. The third-order valence-electron chi connectivity index (χ3n) is 2.91. The Balaban J connectivity index is 1.94. The number of piperidine rings is 1. The SMILES string of the molecule is Fc1cc(CNN2CCCCC2)cc(F)c1F. The molecule has 0 bridgehead atoms. The molecule has 1 fully saturated rings. The topological polar surface area (TPSA) is 15.3 Å². The molecule has 0 aliphatic carbocycles. The summed E-state index contributed by atoms with van der Waals surface area (Å²) in [5.41, 5.74) is 3.50. The van der Waals surface area contributed by atoms with E-state index in [4.69, 9.17) is 0 Å². The van der Waals surface area contributed by atoms with Crippen LogP contribution in [-0.4, -0.2) is 18.1 Å². The molecule has 1 N–H and O–H groups in total. The van der Waals surface area contributed by atoms with Gasteiger partial charge in [-0.05, 0) is 30.5 Å². The van der Waals surface area contributed by atoms with Crippen LogP contribution in [-0.2, 0) is 6.54 Å². The lowest BCUT2D eigenvalue weighted by atomic mass is 10.1. The molecule has 0 amide bonds. The molecule has 94 valence electrons. The summed E-state index contributed by atoms with van der Waals surface area (Å²) < 4.78 is 38.6. The number of benzene rings is 1. The summed E-state index contributed by atoms with van der Waals surface area (Å²) in [6.45, 7) is 2.19. The average molecular weight is 244 g/mol. The van der Waals surface area contributed by atoms with Gasteiger partial charge in [0, 0.05) is 19.6 Å². The molecule has 5 heteroatoms. The van der Waals surface area contributed by atoms with Crippen molar-refractivity contribution in [2.45, 2.75) is 25.8 Å². The van der Waals surface area contributed by atoms with E-state index in [2.05, 4.69) is 5.43 Å². The molecule has 0 aromatic heterocycles. The van der Waals surface area contributed by atoms with E-state index in [-0.39, 0.29) is 0 Å². The zero-order valence-corrected chi connectivity index (χ0v) is 9.48. The molecule has 2 nitrogen and oxygen atoms in total. The van der Waals surface area contributed by atoms with Crippen LogP contribution in [0.5, 0.6) is 0 Å². The lowest BCUT2D eigenvalue weighted by Gasteiger charge is -2.27. The molecule has 1 aliphatic heterocycles. The molecule has 0 atom stereocenters. The van der Waals surface area contributed by atoms with Crippen molar-refractivity contribution < 1.29 is 13.2 Å². The second kappa shape index (κ2) is 5.51. The smallest absolute Gasteiger partial charge is 0.194 e. The number of nitrogens with zero attached hydrogens (tertiary/aromatic N) is 1. The molecular weight excluding hydrogens is 229 g/mol. The Morgan fingerprint density at radius 3 is 2.18 bits per heavy atom. The molecule has 1 aromatic rings. The molecule has 0 saturated carbocycles. The number of hydrazine groups is 1. The van der Waals surface area contributed by atoms with Crippen LogP contribution >= 0.6 is 0 Å². The number of rotatable bonds is 3. The Kier molecular flexibility index (Phi) is 4.02. The fraction of sp³-hybridized carbons (Fsp3) is 0.500. The summed E-state index contributed by atoms with van der Waals surface area (Å²) in [5.74, 6) is -3.69. The highest BCUT2D eigenvalue weighted by molar-refractivity contribution is 5.19. The summed E-state index contributed by atoms with van der Waals surface area (Å²) in [6.07, 6.45) is 3.47. The van der Waals surface area contributed by atoms with Crippen molar-refractivity contribution in [2.75, 3.05) is 13.1 Å². The van der Waals surface area contributed by atoms with Gasteiger partial charge in [0.15, 0.2) is 17.5 Å². The minimum atomic E-state index is -1.41. The summed E-state index contributed by atoms with van der Waals surface area (Å²) >= 11 is 0. The molecule has 17 heavy (non-hydrogen) atoms. The largest absolute Gasteiger partial charge is 0.251 e. The van der Waals surface area contributed by atoms with Crippen molar-refractivity contribution in [3.8, 4) is 0 Å². The van der Waals surface area contributed by atoms with Crippen molar-refractivity contribution in [3.63, 3.8) is 0 Å². The number of hydrogen-bond donors (Lipinski definition) is 1. The zero-order valence-electron chi connectivity index (χ0n) is 9.48. The van der Waals surface area contributed by atoms with E-state index in [0.29, 0.717) is 12.1 Å². The highest BCUT2D eigenvalue weighted by atomic mass is 19.2. The monoisotopic (exact) mass is 244 g/mol. The standard InChI is InChI=1S/C12H15F3N2/c13-10-6-9(7-11(14)12(10)15)8-16-17-4-2-1-3-5-17/h6-7,16H,1-5,8H2. The van der Waals surface area contributed by atoms with Crippen molar-refractivity contribution >= 4 is 0 Å². The van der Waals surface area contributed by atoms with Gasteiger partial charge in [-0.25, -0.2) is 18.2 Å². The average Bonchev–Trinajstić information content (AvgIpc) is 2.34. The van der Waals surface area contributed by atoms with Crippen LogP contribution in [0.2, 0.25) is 0 Å².